The summed E-state index contributed by atoms with van der Waals surface area (Å²) < 4.78 is 88.4. The van der Waals surface area contributed by atoms with Gasteiger partial charge in [0.1, 0.15) is 29.1 Å². The molecule has 11 nitrogen and oxygen atoms in total. The van der Waals surface area contributed by atoms with Gasteiger partial charge in [0.05, 0.1) is 0 Å². The summed E-state index contributed by atoms with van der Waals surface area (Å²) in [5.41, 5.74) is 1.68. The van der Waals surface area contributed by atoms with Crippen molar-refractivity contribution in [2.45, 2.75) is 110 Å². The lowest BCUT2D eigenvalue weighted by molar-refractivity contribution is -0.156. The Morgan fingerprint density at radius 1 is 1.00 bits per heavy atom. The molecule has 48 heavy (non-hydrogen) atoms. The van der Waals surface area contributed by atoms with E-state index in [-0.39, 0.29) is 56.1 Å². The van der Waals surface area contributed by atoms with Gasteiger partial charge in [-0.1, -0.05) is 13.8 Å². The zero-order chi connectivity index (χ0) is 35.6. The van der Waals surface area contributed by atoms with E-state index in [2.05, 4.69) is 21.0 Å². The standard InChI is InChI=1S/C31H40F6N6O5/c1-16(2)26(38-29(46)47-30(3,4)5)27(45)43-9-6-7-25(43)48-41-19(11-18-12-21(33)22(34)15-20(18)32)14-23(44)17-8-10-42-24(13-17)39-40-28(42)31(35,36)37/h12,15-17,19,25-26,41H,6-11,13-14H2,1-5H3,(H,38,46). The summed E-state index contributed by atoms with van der Waals surface area (Å²) in [4.78, 5) is 46.8. The minimum atomic E-state index is -4.71. The molecule has 0 spiro atoms. The molecule has 2 N–H and O–H groups in total. The van der Waals surface area contributed by atoms with Gasteiger partial charge in [0.25, 0.3) is 0 Å². The minimum absolute atomic E-state index is 0.000794. The highest BCUT2D eigenvalue weighted by molar-refractivity contribution is 5.86. The second kappa shape index (κ2) is 14.8. The molecule has 2 aromatic rings. The van der Waals surface area contributed by atoms with Crippen molar-refractivity contribution in [2.75, 3.05) is 6.54 Å². The predicted octanol–water partition coefficient (Wildman–Crippen LogP) is 4.87. The lowest BCUT2D eigenvalue weighted by Gasteiger charge is -2.32. The number of fused-ring (bicyclic) bond motifs is 1. The van der Waals surface area contributed by atoms with E-state index >= 15 is 0 Å². The lowest BCUT2D eigenvalue weighted by Crippen LogP contribution is -2.54. The van der Waals surface area contributed by atoms with Crippen molar-refractivity contribution in [1.29, 1.82) is 0 Å². The highest BCUT2D eigenvalue weighted by Gasteiger charge is 2.41. The molecule has 0 radical (unpaired) electrons. The Balaban J connectivity index is 1.48. The molecule has 266 valence electrons. The fourth-order valence-electron chi connectivity index (χ4n) is 5.78. The molecule has 4 rings (SSSR count). The number of aromatic nitrogens is 3. The fraction of sp³-hybridized carbons (Fsp3) is 0.645. The molecule has 17 heteroatoms. The number of halogens is 6. The first-order chi connectivity index (χ1) is 22.3. The van der Waals surface area contributed by atoms with Crippen molar-refractivity contribution in [3.05, 3.63) is 46.8 Å². The number of likely N-dealkylation sites (tertiary alicyclic amines) is 1. The van der Waals surface area contributed by atoms with E-state index in [4.69, 9.17) is 9.57 Å². The van der Waals surface area contributed by atoms with Gasteiger partial charge in [-0.2, -0.15) is 18.7 Å². The molecule has 4 atom stereocenters. The summed E-state index contributed by atoms with van der Waals surface area (Å²) in [5.74, 6) is -6.80. The number of alkyl halides is 3. The van der Waals surface area contributed by atoms with Gasteiger partial charge in [-0.15, -0.1) is 10.2 Å². The van der Waals surface area contributed by atoms with Crippen molar-refractivity contribution in [2.24, 2.45) is 11.8 Å². The van der Waals surface area contributed by atoms with Crippen LogP contribution in [0.5, 0.6) is 0 Å². The first-order valence-electron chi connectivity index (χ1n) is 15.7. The van der Waals surface area contributed by atoms with Gasteiger partial charge in [0.15, 0.2) is 17.9 Å². The number of hydrogen-bond acceptors (Lipinski definition) is 8. The summed E-state index contributed by atoms with van der Waals surface area (Å²) >= 11 is 0. The third kappa shape index (κ3) is 9.24. The predicted molar refractivity (Wildman–Crippen MR) is 157 cm³/mol. The molecule has 0 aliphatic carbocycles. The van der Waals surface area contributed by atoms with Gasteiger partial charge in [0, 0.05) is 44.0 Å². The number of carbonyl (C=O) groups excluding carboxylic acids is 3. The maximum atomic E-state index is 14.7. The molecule has 1 fully saturated rings. The number of rotatable bonds is 11. The first-order valence-corrected chi connectivity index (χ1v) is 15.7. The van der Waals surface area contributed by atoms with Crippen LogP contribution in [0.3, 0.4) is 0 Å². The second-order valence-electron chi connectivity index (χ2n) is 13.4. The highest BCUT2D eigenvalue weighted by Crippen LogP contribution is 2.32. The normalized spacial score (nSPS) is 19.6. The number of nitrogens with zero attached hydrogens (tertiary/aromatic N) is 4. The number of alkyl carbamates (subject to hydrolysis) is 1. The van der Waals surface area contributed by atoms with Gasteiger partial charge in [-0.25, -0.2) is 18.0 Å². The fourth-order valence-corrected chi connectivity index (χ4v) is 5.78. The van der Waals surface area contributed by atoms with E-state index < -0.39 is 77.1 Å². The summed E-state index contributed by atoms with van der Waals surface area (Å²) in [6, 6.07) is -0.908. The number of hydroxylamine groups is 1. The molecular formula is C31H40F6N6O5. The Morgan fingerprint density at radius 2 is 1.69 bits per heavy atom. The molecule has 1 aromatic heterocycles. The Bertz CT molecular complexity index is 1490. The Kier molecular flexibility index (Phi) is 11.4. The van der Waals surface area contributed by atoms with Crippen LogP contribution in [0.25, 0.3) is 0 Å². The van der Waals surface area contributed by atoms with Crippen LogP contribution in [0.4, 0.5) is 31.1 Å². The Morgan fingerprint density at radius 3 is 2.33 bits per heavy atom. The van der Waals surface area contributed by atoms with E-state index in [1.165, 1.54) is 4.90 Å². The molecule has 0 bridgehead atoms. The van der Waals surface area contributed by atoms with Gasteiger partial charge in [-0.05, 0) is 64.0 Å². The molecule has 2 amide bonds. The number of Topliss-reactive ketones (excluding diaryl/α,β-unsaturated/α-hetero) is 1. The summed E-state index contributed by atoms with van der Waals surface area (Å²) in [6.07, 6.45) is -6.13. The van der Waals surface area contributed by atoms with Crippen LogP contribution < -0.4 is 10.8 Å². The number of nitrogens with one attached hydrogen (secondary N) is 2. The second-order valence-corrected chi connectivity index (χ2v) is 13.4. The van der Waals surface area contributed by atoms with E-state index in [1.807, 2.05) is 0 Å². The van der Waals surface area contributed by atoms with Crippen LogP contribution in [0.1, 0.15) is 77.5 Å². The van der Waals surface area contributed by atoms with Crippen molar-refractivity contribution >= 4 is 17.8 Å². The summed E-state index contributed by atoms with van der Waals surface area (Å²) in [6.45, 7) is 8.70. The molecule has 2 aliphatic heterocycles. The molecule has 0 saturated carbocycles. The molecule has 1 saturated heterocycles. The SMILES string of the molecule is CC(C)C(NC(=O)OC(C)(C)C)C(=O)N1CCCC1ONC(CC(=O)C1CCn2c(nnc2C(F)(F)F)C1)Cc1cc(F)c(F)cc1F. The maximum Gasteiger partial charge on any atom is 0.451 e. The molecule has 1 aromatic carbocycles. The number of hydrogen-bond donors (Lipinski definition) is 2. The number of benzene rings is 1. The highest BCUT2D eigenvalue weighted by atomic mass is 19.4. The smallest absolute Gasteiger partial charge is 0.444 e. The van der Waals surface area contributed by atoms with E-state index in [0.717, 1.165) is 4.57 Å². The topological polar surface area (TPSA) is 128 Å². The van der Waals surface area contributed by atoms with E-state index in [1.54, 1.807) is 34.6 Å². The van der Waals surface area contributed by atoms with Crippen LogP contribution in [0.2, 0.25) is 0 Å². The number of ether oxygens (including phenoxy) is 1. The number of carbonyl (C=O) groups is 3. The molecule has 4 unspecified atom stereocenters. The quantitative estimate of drug-likeness (QED) is 0.195. The third-order valence-electron chi connectivity index (χ3n) is 8.13. The van der Waals surface area contributed by atoms with Crippen molar-refractivity contribution < 1.29 is 50.3 Å². The average molecular weight is 691 g/mol. The van der Waals surface area contributed by atoms with E-state index in [0.29, 0.717) is 25.0 Å². The first kappa shape index (κ1) is 37.1. The van der Waals surface area contributed by atoms with Crippen LogP contribution in [0.15, 0.2) is 12.1 Å². The van der Waals surface area contributed by atoms with Crippen LogP contribution in [-0.4, -0.2) is 67.9 Å². The van der Waals surface area contributed by atoms with Gasteiger partial charge >= 0.3 is 12.3 Å². The summed E-state index contributed by atoms with van der Waals surface area (Å²) in [7, 11) is 0. The molecule has 2 aliphatic rings. The van der Waals surface area contributed by atoms with Gasteiger partial charge in [0.2, 0.25) is 11.7 Å². The Hall–Kier alpha value is -3.73. The summed E-state index contributed by atoms with van der Waals surface area (Å²) in [5, 5.41) is 9.45. The van der Waals surface area contributed by atoms with Crippen LogP contribution in [-0.2, 0) is 44.7 Å². The Labute approximate surface area is 273 Å². The number of amides is 2. The van der Waals surface area contributed by atoms with Crippen LogP contribution in [0, 0.1) is 29.3 Å². The van der Waals surface area contributed by atoms with Crippen molar-refractivity contribution in [3.8, 4) is 0 Å². The zero-order valence-electron chi connectivity index (χ0n) is 27.3. The minimum Gasteiger partial charge on any atom is -0.444 e. The average Bonchev–Trinajstić information content (AvgIpc) is 3.63. The van der Waals surface area contributed by atoms with Gasteiger partial charge < -0.3 is 19.5 Å². The molecular weight excluding hydrogens is 650 g/mol. The lowest BCUT2D eigenvalue weighted by atomic mass is 9.88. The monoisotopic (exact) mass is 690 g/mol. The number of ketones is 1. The van der Waals surface area contributed by atoms with E-state index in [9.17, 15) is 40.7 Å². The van der Waals surface area contributed by atoms with Crippen LogP contribution >= 0.6 is 0 Å². The van der Waals surface area contributed by atoms with Gasteiger partial charge in [-0.3, -0.25) is 14.4 Å². The molecule has 3 heterocycles. The maximum absolute atomic E-state index is 14.7. The largest absolute Gasteiger partial charge is 0.451 e. The zero-order valence-corrected chi connectivity index (χ0v) is 27.3. The van der Waals surface area contributed by atoms with Crippen molar-refractivity contribution in [3.63, 3.8) is 0 Å². The third-order valence-corrected chi connectivity index (χ3v) is 8.13. The van der Waals surface area contributed by atoms with Crippen molar-refractivity contribution in [1.82, 2.24) is 30.5 Å².